The minimum absolute atomic E-state index is 0.0903. The SMILES string of the molecule is CC1(C)c2ccccc2-c2c(-n3c4ccccc4c4cc(-c5ccc6c(c5)c5ccccc5n6-c5cccc(-c6cccc(-c7cccc8c7C(C)(C)c7ccc(-n9c%10ccccc%10c%10cc(-c%11ccc%12c(c%11)c%11ccccc%11n%12-c%11ccc(-c%12ccccc%12)cc%11)ccc%109)cc7-8)c6)c5)ccc43)cccc21. The maximum atomic E-state index is 2.51. The first-order valence-corrected chi connectivity index (χ1v) is 37.1. The molecule has 0 radical (unpaired) electrons. The number of rotatable bonds is 9. The van der Waals surface area contributed by atoms with E-state index in [4.69, 9.17) is 0 Å². The molecule has 22 rings (SSSR count). The minimum Gasteiger partial charge on any atom is -0.309 e. The molecule has 0 spiro atoms. The Kier molecular flexibility index (Phi) is 12.9. The van der Waals surface area contributed by atoms with Gasteiger partial charge in [0.25, 0.3) is 0 Å². The Morgan fingerprint density at radius 3 is 1.14 bits per heavy atom. The van der Waals surface area contributed by atoms with Crippen LogP contribution in [0.1, 0.15) is 49.9 Å². The maximum absolute atomic E-state index is 2.51. The molecule has 0 aliphatic heterocycles. The van der Waals surface area contributed by atoms with Crippen molar-refractivity contribution >= 4 is 87.2 Å². The zero-order valence-corrected chi connectivity index (χ0v) is 59.3. The lowest BCUT2D eigenvalue weighted by molar-refractivity contribution is 0.660. The van der Waals surface area contributed by atoms with Gasteiger partial charge in [-0.1, -0.05) is 258 Å². The monoisotopic (exact) mass is 1350 g/mol. The highest BCUT2D eigenvalue weighted by Gasteiger charge is 2.39. The normalized spacial score (nSPS) is 13.4. The van der Waals surface area contributed by atoms with Crippen molar-refractivity contribution in [3.8, 4) is 101 Å². The first kappa shape index (κ1) is 60.3. The number of benzene rings is 16. The van der Waals surface area contributed by atoms with Crippen molar-refractivity contribution in [3.05, 3.63) is 374 Å². The fourth-order valence-corrected chi connectivity index (χ4v) is 19.0. The molecular weight excluding hydrogens is 1280 g/mol. The second-order valence-electron chi connectivity index (χ2n) is 30.3. The number of hydrogen-bond acceptors (Lipinski definition) is 0. The van der Waals surface area contributed by atoms with Crippen LogP contribution in [0, 0.1) is 0 Å². The van der Waals surface area contributed by atoms with E-state index in [-0.39, 0.29) is 10.8 Å². The van der Waals surface area contributed by atoms with E-state index in [1.807, 2.05) is 0 Å². The summed E-state index contributed by atoms with van der Waals surface area (Å²) in [5, 5.41) is 9.93. The van der Waals surface area contributed by atoms with Crippen LogP contribution in [-0.2, 0) is 10.8 Å². The lowest BCUT2D eigenvalue weighted by Crippen LogP contribution is -2.16. The summed E-state index contributed by atoms with van der Waals surface area (Å²) in [6, 6.07) is 132. The van der Waals surface area contributed by atoms with Gasteiger partial charge >= 0.3 is 0 Å². The third-order valence-corrected chi connectivity index (χ3v) is 23.9. The van der Waals surface area contributed by atoms with E-state index in [0.29, 0.717) is 0 Å². The molecule has 20 aromatic rings. The highest BCUT2D eigenvalue weighted by atomic mass is 15.0. The van der Waals surface area contributed by atoms with Gasteiger partial charge in [0, 0.05) is 76.5 Å². The summed E-state index contributed by atoms with van der Waals surface area (Å²) in [7, 11) is 0. The van der Waals surface area contributed by atoms with E-state index in [1.165, 1.54) is 193 Å². The fraction of sp³-hybridized carbons (Fsp3) is 0.0588. The highest BCUT2D eigenvalue weighted by molar-refractivity contribution is 6.15. The third-order valence-electron chi connectivity index (χ3n) is 23.9. The first-order valence-electron chi connectivity index (χ1n) is 37.1. The van der Waals surface area contributed by atoms with Gasteiger partial charge in [-0.15, -0.1) is 0 Å². The minimum atomic E-state index is -0.260. The molecule has 0 N–H and O–H groups in total. The summed E-state index contributed by atoms with van der Waals surface area (Å²) in [5.41, 5.74) is 36.6. The van der Waals surface area contributed by atoms with Crippen molar-refractivity contribution in [1.29, 1.82) is 0 Å². The number of para-hydroxylation sites is 4. The molecule has 4 heterocycles. The van der Waals surface area contributed by atoms with E-state index in [2.05, 4.69) is 398 Å². The van der Waals surface area contributed by atoms with Crippen LogP contribution in [0.3, 0.4) is 0 Å². The molecule has 0 fully saturated rings. The molecule has 0 saturated heterocycles. The van der Waals surface area contributed by atoms with Gasteiger partial charge in [-0.05, 0) is 216 Å². The van der Waals surface area contributed by atoms with Gasteiger partial charge in [0.05, 0.1) is 49.8 Å². The van der Waals surface area contributed by atoms with Gasteiger partial charge in [0.2, 0.25) is 0 Å². The van der Waals surface area contributed by atoms with Crippen LogP contribution in [0.4, 0.5) is 0 Å². The zero-order chi connectivity index (χ0) is 70.3. The topological polar surface area (TPSA) is 19.7 Å². The maximum Gasteiger partial charge on any atom is 0.0543 e. The van der Waals surface area contributed by atoms with Gasteiger partial charge in [0.1, 0.15) is 0 Å². The van der Waals surface area contributed by atoms with Crippen molar-refractivity contribution in [3.63, 3.8) is 0 Å². The molecule has 0 atom stereocenters. The average molecular weight is 1350 g/mol. The quantitative estimate of drug-likeness (QED) is 0.137. The van der Waals surface area contributed by atoms with E-state index < -0.39 is 0 Å². The largest absolute Gasteiger partial charge is 0.309 e. The van der Waals surface area contributed by atoms with Crippen molar-refractivity contribution in [2.45, 2.75) is 38.5 Å². The fourth-order valence-electron chi connectivity index (χ4n) is 19.0. The summed E-state index contributed by atoms with van der Waals surface area (Å²) >= 11 is 0. The summed E-state index contributed by atoms with van der Waals surface area (Å²) < 4.78 is 9.86. The second-order valence-corrected chi connectivity index (χ2v) is 30.3. The molecule has 0 unspecified atom stereocenters. The third kappa shape index (κ3) is 8.76. The Labute approximate surface area is 614 Å². The standard InChI is InChI=1S/C102H70N4/c1-101(2)87-35-13-8-32-81(87)99-89(101)36-21-41-98(99)106-93-40-17-12-31-79(93)86-61-70(47-55-97(86)106)69-45-53-95-84(59-69)77-29-10-15-38-91(77)104(95)73-27-19-25-66(57-73)65-24-18-26-71(56-65)75-33-20-34-80-82-62-74(50-51-88(82)102(3,4)100(75)80)105-92-39-16-11-30-78(92)85-60-68(46-54-96(85)105)67-44-52-94-83(58-67)76-28-9-14-37-90(76)103(94)72-48-42-64(43-49-72)63-22-6-5-7-23-63/h5-62H,1-4H3. The van der Waals surface area contributed by atoms with Crippen LogP contribution < -0.4 is 0 Å². The number of nitrogens with zero attached hydrogens (tertiary/aromatic N) is 4. The molecule has 498 valence electrons. The van der Waals surface area contributed by atoms with Crippen molar-refractivity contribution < 1.29 is 0 Å². The molecule has 16 aromatic carbocycles. The Morgan fingerprint density at radius 1 is 0.189 bits per heavy atom. The van der Waals surface area contributed by atoms with Crippen LogP contribution in [0.5, 0.6) is 0 Å². The Bertz CT molecular complexity index is 7120. The van der Waals surface area contributed by atoms with Gasteiger partial charge in [0.15, 0.2) is 0 Å². The molecule has 4 heteroatoms. The van der Waals surface area contributed by atoms with Crippen molar-refractivity contribution in [2.75, 3.05) is 0 Å². The van der Waals surface area contributed by atoms with Gasteiger partial charge in [-0.25, -0.2) is 0 Å². The van der Waals surface area contributed by atoms with Crippen LogP contribution in [0.2, 0.25) is 0 Å². The average Bonchev–Trinajstić information content (AvgIpc) is 1.60. The van der Waals surface area contributed by atoms with Gasteiger partial charge in [-0.2, -0.15) is 0 Å². The Balaban J connectivity index is 0.586. The van der Waals surface area contributed by atoms with E-state index in [1.54, 1.807) is 0 Å². The van der Waals surface area contributed by atoms with Crippen LogP contribution in [-0.4, -0.2) is 18.3 Å². The molecule has 106 heavy (non-hydrogen) atoms. The number of hydrogen-bond donors (Lipinski definition) is 0. The highest BCUT2D eigenvalue weighted by Crippen LogP contribution is 2.55. The predicted octanol–water partition coefficient (Wildman–Crippen LogP) is 27.0. The summed E-state index contributed by atoms with van der Waals surface area (Å²) in [4.78, 5) is 0. The molecular formula is C102H70N4. The Morgan fingerprint density at radius 2 is 0.557 bits per heavy atom. The number of fused-ring (bicyclic) bond motifs is 18. The smallest absolute Gasteiger partial charge is 0.0543 e. The summed E-state index contributed by atoms with van der Waals surface area (Å²) in [6.45, 7) is 9.56. The first-order chi connectivity index (χ1) is 52.1. The second kappa shape index (κ2) is 22.6. The molecule has 2 aliphatic rings. The van der Waals surface area contributed by atoms with Crippen LogP contribution >= 0.6 is 0 Å². The molecule has 2 aliphatic carbocycles. The lowest BCUT2D eigenvalue weighted by atomic mass is 9.78. The van der Waals surface area contributed by atoms with Crippen LogP contribution in [0.25, 0.3) is 188 Å². The lowest BCUT2D eigenvalue weighted by Gasteiger charge is -2.25. The zero-order valence-electron chi connectivity index (χ0n) is 59.3. The van der Waals surface area contributed by atoms with Crippen molar-refractivity contribution in [1.82, 2.24) is 18.3 Å². The molecule has 4 aromatic heterocycles. The van der Waals surface area contributed by atoms with E-state index >= 15 is 0 Å². The molecule has 0 saturated carbocycles. The number of aromatic nitrogens is 4. The summed E-state index contributed by atoms with van der Waals surface area (Å²) in [6.07, 6.45) is 0. The Hall–Kier alpha value is -13.3. The molecule has 0 bridgehead atoms. The molecule has 0 amide bonds. The summed E-state index contributed by atoms with van der Waals surface area (Å²) in [5.74, 6) is 0. The predicted molar refractivity (Wildman–Crippen MR) is 446 cm³/mol. The van der Waals surface area contributed by atoms with E-state index in [9.17, 15) is 0 Å². The van der Waals surface area contributed by atoms with Gasteiger partial charge in [-0.3, -0.25) is 0 Å². The van der Waals surface area contributed by atoms with E-state index in [0.717, 1.165) is 17.1 Å². The van der Waals surface area contributed by atoms with Crippen molar-refractivity contribution in [2.24, 2.45) is 0 Å². The molecule has 4 nitrogen and oxygen atoms in total. The van der Waals surface area contributed by atoms with Crippen LogP contribution in [0.15, 0.2) is 352 Å². The van der Waals surface area contributed by atoms with Gasteiger partial charge < -0.3 is 18.3 Å².